The summed E-state index contributed by atoms with van der Waals surface area (Å²) in [5.74, 6) is -0.679. The third-order valence-corrected chi connectivity index (χ3v) is 5.99. The van der Waals surface area contributed by atoms with Gasteiger partial charge < -0.3 is 5.73 Å². The summed E-state index contributed by atoms with van der Waals surface area (Å²) in [6.45, 7) is 0.0894. The average Bonchev–Trinajstić information content (AvgIpc) is 2.60. The number of carbonyl (C=O) groups is 1. The quantitative estimate of drug-likeness (QED) is 0.904. The van der Waals surface area contributed by atoms with Crippen molar-refractivity contribution in [2.45, 2.75) is 23.9 Å². The molecule has 6 nitrogen and oxygen atoms in total. The molecule has 2 N–H and O–H groups in total. The number of nitrogens with two attached hydrogens (primary N) is 1. The molecule has 0 radical (unpaired) electrons. The number of fused-ring (bicyclic) bond motifs is 1. The van der Waals surface area contributed by atoms with E-state index in [4.69, 9.17) is 11.0 Å². The van der Waals surface area contributed by atoms with Crippen LogP contribution >= 0.6 is 0 Å². The van der Waals surface area contributed by atoms with Crippen LogP contribution in [0.5, 0.6) is 0 Å². The molecule has 0 unspecified atom stereocenters. The van der Waals surface area contributed by atoms with Crippen LogP contribution in [0.2, 0.25) is 0 Å². The monoisotopic (exact) mass is 341 g/mol. The van der Waals surface area contributed by atoms with E-state index in [9.17, 15) is 13.2 Å². The zero-order valence-electron chi connectivity index (χ0n) is 12.7. The van der Waals surface area contributed by atoms with Gasteiger partial charge in [0.15, 0.2) is 0 Å². The highest BCUT2D eigenvalue weighted by atomic mass is 32.2. The predicted octanol–water partition coefficient (Wildman–Crippen LogP) is 1.16. The fraction of sp³-hybridized carbons (Fsp3) is 0.176. The van der Waals surface area contributed by atoms with E-state index >= 15 is 0 Å². The largest absolute Gasteiger partial charge is 0.368 e. The normalized spacial score (nSPS) is 17.7. The van der Waals surface area contributed by atoms with Crippen LogP contribution < -0.4 is 5.73 Å². The summed E-state index contributed by atoms with van der Waals surface area (Å²) in [7, 11) is -3.90. The fourth-order valence-electron chi connectivity index (χ4n) is 2.83. The summed E-state index contributed by atoms with van der Waals surface area (Å²) in [6, 6.07) is 14.0. The SMILES string of the molecule is N#Cc1ccc(S(=O)(=O)N2Cc3ccccc3C[C@H]2C(N)=O)cc1. The molecule has 1 aliphatic rings. The van der Waals surface area contributed by atoms with Crippen molar-refractivity contribution in [1.29, 1.82) is 5.26 Å². The Kier molecular flexibility index (Phi) is 4.09. The number of rotatable bonds is 3. The second-order valence-electron chi connectivity index (χ2n) is 5.58. The van der Waals surface area contributed by atoms with Crippen molar-refractivity contribution in [3.8, 4) is 6.07 Å². The van der Waals surface area contributed by atoms with Crippen LogP contribution in [-0.4, -0.2) is 24.7 Å². The maximum atomic E-state index is 12.9. The molecule has 0 spiro atoms. The van der Waals surface area contributed by atoms with Gasteiger partial charge >= 0.3 is 0 Å². The van der Waals surface area contributed by atoms with Crippen LogP contribution in [-0.2, 0) is 27.8 Å². The number of carbonyl (C=O) groups excluding carboxylic acids is 1. The average molecular weight is 341 g/mol. The lowest BCUT2D eigenvalue weighted by Gasteiger charge is -2.34. The summed E-state index contributed by atoms with van der Waals surface area (Å²) in [5, 5.41) is 8.83. The van der Waals surface area contributed by atoms with Crippen LogP contribution in [0.1, 0.15) is 16.7 Å². The van der Waals surface area contributed by atoms with Crippen LogP contribution in [0.15, 0.2) is 53.4 Å². The van der Waals surface area contributed by atoms with Crippen molar-refractivity contribution >= 4 is 15.9 Å². The van der Waals surface area contributed by atoms with Crippen molar-refractivity contribution in [2.75, 3.05) is 0 Å². The van der Waals surface area contributed by atoms with E-state index in [-0.39, 0.29) is 17.9 Å². The van der Waals surface area contributed by atoms with E-state index in [1.165, 1.54) is 24.3 Å². The van der Waals surface area contributed by atoms with Crippen molar-refractivity contribution < 1.29 is 13.2 Å². The van der Waals surface area contributed by atoms with Gasteiger partial charge in [-0.25, -0.2) is 8.42 Å². The smallest absolute Gasteiger partial charge is 0.244 e. The van der Waals surface area contributed by atoms with Gasteiger partial charge in [-0.2, -0.15) is 9.57 Å². The highest BCUT2D eigenvalue weighted by Crippen LogP contribution is 2.29. The van der Waals surface area contributed by atoms with E-state index in [0.29, 0.717) is 5.56 Å². The van der Waals surface area contributed by atoms with Crippen molar-refractivity contribution in [2.24, 2.45) is 5.73 Å². The molecule has 1 aliphatic heterocycles. The molecule has 7 heteroatoms. The molecule has 2 aromatic carbocycles. The van der Waals surface area contributed by atoms with Gasteiger partial charge in [0.2, 0.25) is 15.9 Å². The third-order valence-electron chi connectivity index (χ3n) is 4.12. The van der Waals surface area contributed by atoms with E-state index in [1.807, 2.05) is 30.3 Å². The topological polar surface area (TPSA) is 104 Å². The number of nitriles is 1. The van der Waals surface area contributed by atoms with Crippen LogP contribution in [0.25, 0.3) is 0 Å². The fourth-order valence-corrected chi connectivity index (χ4v) is 4.40. The van der Waals surface area contributed by atoms with Crippen LogP contribution in [0, 0.1) is 11.3 Å². The minimum absolute atomic E-state index is 0.0344. The Morgan fingerprint density at radius 3 is 2.33 bits per heavy atom. The summed E-state index contributed by atoms with van der Waals surface area (Å²) in [5.41, 5.74) is 7.59. The molecule has 0 aromatic heterocycles. The summed E-state index contributed by atoms with van der Waals surface area (Å²) < 4.78 is 27.0. The lowest BCUT2D eigenvalue weighted by atomic mass is 9.96. The molecule has 1 atom stereocenters. The minimum Gasteiger partial charge on any atom is -0.368 e. The highest BCUT2D eigenvalue weighted by Gasteiger charge is 2.38. The summed E-state index contributed by atoms with van der Waals surface area (Å²) >= 11 is 0. The molecule has 122 valence electrons. The molecule has 2 aromatic rings. The number of benzene rings is 2. The van der Waals surface area contributed by atoms with E-state index in [1.54, 1.807) is 0 Å². The highest BCUT2D eigenvalue weighted by molar-refractivity contribution is 7.89. The maximum absolute atomic E-state index is 12.9. The Balaban J connectivity index is 2.04. The number of amides is 1. The first-order chi connectivity index (χ1) is 11.4. The van der Waals surface area contributed by atoms with Gasteiger partial charge in [0, 0.05) is 6.54 Å². The van der Waals surface area contributed by atoms with E-state index < -0.39 is 22.0 Å². The molecule has 0 fully saturated rings. The van der Waals surface area contributed by atoms with Gasteiger partial charge in [-0.1, -0.05) is 24.3 Å². The molecule has 24 heavy (non-hydrogen) atoms. The molecule has 1 heterocycles. The lowest BCUT2D eigenvalue weighted by molar-refractivity contribution is -0.122. The minimum atomic E-state index is -3.90. The lowest BCUT2D eigenvalue weighted by Crippen LogP contribution is -2.50. The molecule has 3 rings (SSSR count). The molecule has 0 bridgehead atoms. The molecule has 1 amide bonds. The van der Waals surface area contributed by atoms with Gasteiger partial charge in [0.25, 0.3) is 0 Å². The van der Waals surface area contributed by atoms with Crippen molar-refractivity contribution in [3.05, 3.63) is 65.2 Å². The van der Waals surface area contributed by atoms with Crippen molar-refractivity contribution in [3.63, 3.8) is 0 Å². The second kappa shape index (κ2) is 6.07. The number of sulfonamides is 1. The Bertz CT molecular complexity index is 930. The van der Waals surface area contributed by atoms with Gasteiger partial charge in [-0.15, -0.1) is 0 Å². The third kappa shape index (κ3) is 2.77. The Hall–Kier alpha value is -2.69. The Labute approximate surface area is 140 Å². The molecular formula is C17H15N3O3S. The van der Waals surface area contributed by atoms with Crippen molar-refractivity contribution in [1.82, 2.24) is 4.31 Å². The van der Waals surface area contributed by atoms with E-state index in [2.05, 4.69) is 0 Å². The molecule has 0 saturated heterocycles. The molecule has 0 saturated carbocycles. The van der Waals surface area contributed by atoms with Gasteiger partial charge in [0.1, 0.15) is 6.04 Å². The van der Waals surface area contributed by atoms with Gasteiger partial charge in [-0.05, 0) is 41.8 Å². The summed E-state index contributed by atoms with van der Waals surface area (Å²) in [4.78, 5) is 11.9. The standard InChI is InChI=1S/C17H15N3O3S/c18-10-12-5-7-15(8-6-12)24(22,23)20-11-14-4-2-1-3-13(14)9-16(20)17(19)21/h1-8,16H,9,11H2,(H2,19,21)/t16-/m0/s1. The summed E-state index contributed by atoms with van der Waals surface area (Å²) in [6.07, 6.45) is 0.251. The molecule has 0 aliphatic carbocycles. The first-order valence-electron chi connectivity index (χ1n) is 7.31. The van der Waals surface area contributed by atoms with E-state index in [0.717, 1.165) is 15.4 Å². The Morgan fingerprint density at radius 1 is 1.12 bits per heavy atom. The Morgan fingerprint density at radius 2 is 1.75 bits per heavy atom. The number of primary amides is 1. The predicted molar refractivity (Wildman–Crippen MR) is 87.0 cm³/mol. The first kappa shape index (κ1) is 16.2. The van der Waals surface area contributed by atoms with Gasteiger partial charge in [-0.3, -0.25) is 4.79 Å². The number of hydrogen-bond acceptors (Lipinski definition) is 4. The zero-order chi connectivity index (χ0) is 17.3. The number of hydrogen-bond donors (Lipinski definition) is 1. The van der Waals surface area contributed by atoms with Gasteiger partial charge in [0.05, 0.1) is 16.5 Å². The first-order valence-corrected chi connectivity index (χ1v) is 8.75. The molecular weight excluding hydrogens is 326 g/mol. The maximum Gasteiger partial charge on any atom is 0.244 e. The number of nitrogens with zero attached hydrogens (tertiary/aromatic N) is 2. The zero-order valence-corrected chi connectivity index (χ0v) is 13.5. The van der Waals surface area contributed by atoms with Crippen LogP contribution in [0.4, 0.5) is 0 Å². The second-order valence-corrected chi connectivity index (χ2v) is 7.47. The van der Waals surface area contributed by atoms with Crippen LogP contribution in [0.3, 0.4) is 0 Å².